The molecule has 0 saturated heterocycles. The van der Waals surface area contributed by atoms with Crippen LogP contribution in [-0.2, 0) is 4.79 Å². The smallest absolute Gasteiger partial charge is 0.321 e. The first-order chi connectivity index (χ1) is 8.04. The number of nitrogens with one attached hydrogen (secondary N) is 3. The van der Waals surface area contributed by atoms with Crippen LogP contribution >= 0.6 is 0 Å². The molecule has 0 bridgehead atoms. The van der Waals surface area contributed by atoms with Gasteiger partial charge in [0.25, 0.3) is 0 Å². The lowest BCUT2D eigenvalue weighted by molar-refractivity contribution is -0.120. The molecule has 0 saturated carbocycles. The minimum atomic E-state index is -0.506. The molecule has 1 aromatic rings. The fourth-order valence-electron chi connectivity index (χ4n) is 1.32. The quantitative estimate of drug-likeness (QED) is 0.738. The van der Waals surface area contributed by atoms with Gasteiger partial charge in [-0.2, -0.15) is 0 Å². The maximum absolute atomic E-state index is 11.6. The molecule has 17 heavy (non-hydrogen) atoms. The first-order valence-electron chi connectivity index (χ1n) is 5.39. The number of urea groups is 1. The summed E-state index contributed by atoms with van der Waals surface area (Å²) in [5, 5.41) is 7.59. The van der Waals surface area contributed by atoms with E-state index in [1.807, 2.05) is 31.2 Å². The van der Waals surface area contributed by atoms with E-state index in [9.17, 15) is 9.59 Å². The number of benzene rings is 1. The Morgan fingerprint density at radius 2 is 1.88 bits per heavy atom. The van der Waals surface area contributed by atoms with Crippen molar-refractivity contribution in [3.05, 3.63) is 29.8 Å². The van der Waals surface area contributed by atoms with E-state index in [0.29, 0.717) is 0 Å². The van der Waals surface area contributed by atoms with Crippen molar-refractivity contribution >= 4 is 17.6 Å². The molecule has 0 radical (unpaired) electrons. The SMILES string of the molecule is CNC(=O)NC(=O)C(C)Nc1ccccc1C. The van der Waals surface area contributed by atoms with Gasteiger partial charge in [0.1, 0.15) is 6.04 Å². The summed E-state index contributed by atoms with van der Waals surface area (Å²) in [5.41, 5.74) is 1.93. The van der Waals surface area contributed by atoms with Gasteiger partial charge in [-0.15, -0.1) is 0 Å². The van der Waals surface area contributed by atoms with Crippen molar-refractivity contribution in [2.24, 2.45) is 0 Å². The summed E-state index contributed by atoms with van der Waals surface area (Å²) >= 11 is 0. The Bertz CT molecular complexity index is 418. The van der Waals surface area contributed by atoms with E-state index in [-0.39, 0.29) is 5.91 Å². The Balaban J connectivity index is 2.60. The number of rotatable bonds is 3. The molecule has 92 valence electrons. The van der Waals surface area contributed by atoms with Gasteiger partial charge in [0, 0.05) is 12.7 Å². The minimum Gasteiger partial charge on any atom is -0.374 e. The molecule has 1 atom stereocenters. The van der Waals surface area contributed by atoms with Gasteiger partial charge < -0.3 is 10.6 Å². The first kappa shape index (κ1) is 13.0. The molecule has 3 N–H and O–H groups in total. The number of hydrogen-bond acceptors (Lipinski definition) is 3. The van der Waals surface area contributed by atoms with Crippen molar-refractivity contribution in [3.63, 3.8) is 0 Å². The Morgan fingerprint density at radius 3 is 2.47 bits per heavy atom. The largest absolute Gasteiger partial charge is 0.374 e. The molecule has 0 aliphatic heterocycles. The van der Waals surface area contributed by atoms with Crippen molar-refractivity contribution in [1.29, 1.82) is 0 Å². The summed E-state index contributed by atoms with van der Waals surface area (Å²) in [4.78, 5) is 22.6. The maximum atomic E-state index is 11.6. The number of amides is 3. The molecule has 1 aromatic carbocycles. The second-order valence-electron chi connectivity index (χ2n) is 3.75. The number of carbonyl (C=O) groups excluding carboxylic acids is 2. The average Bonchev–Trinajstić information content (AvgIpc) is 2.31. The van der Waals surface area contributed by atoms with E-state index in [2.05, 4.69) is 16.0 Å². The summed E-state index contributed by atoms with van der Waals surface area (Å²) < 4.78 is 0. The molecule has 0 heterocycles. The van der Waals surface area contributed by atoms with Crippen LogP contribution in [0.4, 0.5) is 10.5 Å². The Kier molecular flexibility index (Phi) is 4.51. The van der Waals surface area contributed by atoms with Gasteiger partial charge in [-0.05, 0) is 25.5 Å². The van der Waals surface area contributed by atoms with Gasteiger partial charge in [0.15, 0.2) is 0 Å². The lowest BCUT2D eigenvalue weighted by Crippen LogP contribution is -2.44. The fourth-order valence-corrected chi connectivity index (χ4v) is 1.32. The predicted octanol–water partition coefficient (Wildman–Crippen LogP) is 1.25. The summed E-state index contributed by atoms with van der Waals surface area (Å²) in [6, 6.07) is 6.67. The van der Waals surface area contributed by atoms with E-state index in [0.717, 1.165) is 11.3 Å². The van der Waals surface area contributed by atoms with E-state index < -0.39 is 12.1 Å². The van der Waals surface area contributed by atoms with Gasteiger partial charge >= 0.3 is 6.03 Å². The van der Waals surface area contributed by atoms with Crippen LogP contribution in [0.2, 0.25) is 0 Å². The van der Waals surface area contributed by atoms with Gasteiger partial charge in [0.05, 0.1) is 0 Å². The lowest BCUT2D eigenvalue weighted by atomic mass is 10.2. The van der Waals surface area contributed by atoms with Crippen LogP contribution in [0.1, 0.15) is 12.5 Å². The number of para-hydroxylation sites is 1. The summed E-state index contributed by atoms with van der Waals surface area (Å²) in [6.45, 7) is 3.65. The highest BCUT2D eigenvalue weighted by atomic mass is 16.2. The molecular weight excluding hydrogens is 218 g/mol. The molecule has 0 aliphatic rings. The number of imide groups is 1. The molecule has 0 aliphatic carbocycles. The number of hydrogen-bond donors (Lipinski definition) is 3. The van der Waals surface area contributed by atoms with Crippen LogP contribution in [0.3, 0.4) is 0 Å². The summed E-state index contributed by atoms with van der Waals surface area (Å²) in [6.07, 6.45) is 0. The van der Waals surface area contributed by atoms with Crippen molar-refractivity contribution in [1.82, 2.24) is 10.6 Å². The molecular formula is C12H17N3O2. The monoisotopic (exact) mass is 235 g/mol. The van der Waals surface area contributed by atoms with Crippen molar-refractivity contribution < 1.29 is 9.59 Å². The zero-order chi connectivity index (χ0) is 12.8. The third-order valence-electron chi connectivity index (χ3n) is 2.37. The van der Waals surface area contributed by atoms with Crippen LogP contribution in [0.15, 0.2) is 24.3 Å². The maximum Gasteiger partial charge on any atom is 0.321 e. The van der Waals surface area contributed by atoms with E-state index in [1.54, 1.807) is 6.92 Å². The normalized spacial score (nSPS) is 11.5. The lowest BCUT2D eigenvalue weighted by Gasteiger charge is -2.16. The molecule has 0 aromatic heterocycles. The van der Waals surface area contributed by atoms with Crippen LogP contribution in [0.5, 0.6) is 0 Å². The number of aryl methyl sites for hydroxylation is 1. The number of anilines is 1. The molecule has 1 rings (SSSR count). The average molecular weight is 235 g/mol. The van der Waals surface area contributed by atoms with E-state index in [4.69, 9.17) is 0 Å². The topological polar surface area (TPSA) is 70.2 Å². The highest BCUT2D eigenvalue weighted by molar-refractivity contribution is 5.97. The zero-order valence-corrected chi connectivity index (χ0v) is 10.2. The zero-order valence-electron chi connectivity index (χ0n) is 10.2. The van der Waals surface area contributed by atoms with Gasteiger partial charge in [-0.1, -0.05) is 18.2 Å². The highest BCUT2D eigenvalue weighted by Gasteiger charge is 2.15. The summed E-state index contributed by atoms with van der Waals surface area (Å²) in [7, 11) is 1.46. The second kappa shape index (κ2) is 5.89. The second-order valence-corrected chi connectivity index (χ2v) is 3.75. The Morgan fingerprint density at radius 1 is 1.24 bits per heavy atom. The predicted molar refractivity (Wildman–Crippen MR) is 66.9 cm³/mol. The van der Waals surface area contributed by atoms with Crippen LogP contribution in [0.25, 0.3) is 0 Å². The van der Waals surface area contributed by atoms with Crippen LogP contribution in [-0.4, -0.2) is 25.0 Å². The molecule has 3 amide bonds. The third-order valence-corrected chi connectivity index (χ3v) is 2.37. The standard InChI is InChI=1S/C12H17N3O2/c1-8-6-4-5-7-10(8)14-9(2)11(16)15-12(17)13-3/h4-7,9,14H,1-3H3,(H2,13,15,16,17). The van der Waals surface area contributed by atoms with Crippen molar-refractivity contribution in [3.8, 4) is 0 Å². The van der Waals surface area contributed by atoms with Crippen LogP contribution in [0, 0.1) is 6.92 Å². The van der Waals surface area contributed by atoms with Gasteiger partial charge in [0.2, 0.25) is 5.91 Å². The number of carbonyl (C=O) groups is 2. The van der Waals surface area contributed by atoms with E-state index >= 15 is 0 Å². The minimum absolute atomic E-state index is 0.368. The van der Waals surface area contributed by atoms with E-state index in [1.165, 1.54) is 7.05 Å². The molecule has 0 fully saturated rings. The van der Waals surface area contributed by atoms with Crippen molar-refractivity contribution in [2.75, 3.05) is 12.4 Å². The van der Waals surface area contributed by atoms with Crippen molar-refractivity contribution in [2.45, 2.75) is 19.9 Å². The molecule has 0 spiro atoms. The van der Waals surface area contributed by atoms with Gasteiger partial charge in [-0.3, -0.25) is 10.1 Å². The Labute approximate surface area is 101 Å². The Hall–Kier alpha value is -2.04. The van der Waals surface area contributed by atoms with Crippen LogP contribution < -0.4 is 16.0 Å². The molecule has 5 heteroatoms. The molecule has 1 unspecified atom stereocenters. The van der Waals surface area contributed by atoms with Gasteiger partial charge in [-0.25, -0.2) is 4.79 Å². The summed E-state index contributed by atoms with van der Waals surface area (Å²) in [5.74, 6) is -0.368. The molecule has 5 nitrogen and oxygen atoms in total. The first-order valence-corrected chi connectivity index (χ1v) is 5.39. The highest BCUT2D eigenvalue weighted by Crippen LogP contribution is 2.14. The third kappa shape index (κ3) is 3.79. The fraction of sp³-hybridized carbons (Fsp3) is 0.333.